The molecule has 0 saturated carbocycles. The van der Waals surface area contributed by atoms with E-state index in [4.69, 9.17) is 0 Å². The second kappa shape index (κ2) is 13.8. The van der Waals surface area contributed by atoms with Crippen LogP contribution in [-0.4, -0.2) is 59.5 Å². The number of nitrogens with one attached hydrogen (secondary N) is 4. The molecule has 0 spiro atoms. The molecule has 1 saturated heterocycles. The maximum absolute atomic E-state index is 13.3. The maximum Gasteiger partial charge on any atom is 0.326 e. The molecule has 1 fully saturated rings. The summed E-state index contributed by atoms with van der Waals surface area (Å²) in [6.45, 7) is 8.36. The number of carboxylic acids is 1. The Bertz CT molecular complexity index is 853. The van der Waals surface area contributed by atoms with Gasteiger partial charge in [-0.3, -0.25) is 14.4 Å². The van der Waals surface area contributed by atoms with Gasteiger partial charge in [0.15, 0.2) is 0 Å². The Labute approximate surface area is 207 Å². The summed E-state index contributed by atoms with van der Waals surface area (Å²) in [5.41, 5.74) is 0.875. The fourth-order valence-corrected chi connectivity index (χ4v) is 4.18. The van der Waals surface area contributed by atoms with E-state index in [1.54, 1.807) is 0 Å². The van der Waals surface area contributed by atoms with Crippen molar-refractivity contribution in [2.75, 3.05) is 6.54 Å². The number of benzene rings is 1. The Kier molecular flexibility index (Phi) is 11.2. The molecule has 9 heteroatoms. The Morgan fingerprint density at radius 3 is 2.00 bits per heavy atom. The quantitative estimate of drug-likeness (QED) is 0.286. The SMILES string of the molecule is CC(C)CC(NC(=O)C(CC(C)C)NC(=O)C(Cc1ccccc1)NC(=O)C1CCCN1)C(=O)O. The van der Waals surface area contributed by atoms with Crippen LogP contribution in [0, 0.1) is 11.8 Å². The number of carbonyl (C=O) groups is 4. The van der Waals surface area contributed by atoms with Gasteiger partial charge < -0.3 is 26.4 Å². The van der Waals surface area contributed by atoms with Gasteiger partial charge in [0, 0.05) is 6.42 Å². The molecular weight excluding hydrogens is 448 g/mol. The van der Waals surface area contributed by atoms with Gasteiger partial charge in [-0.2, -0.15) is 0 Å². The summed E-state index contributed by atoms with van der Waals surface area (Å²) in [7, 11) is 0. The van der Waals surface area contributed by atoms with Gasteiger partial charge in [-0.1, -0.05) is 58.0 Å². The molecule has 194 valence electrons. The molecule has 4 atom stereocenters. The molecule has 1 aliphatic heterocycles. The molecule has 0 bridgehead atoms. The summed E-state index contributed by atoms with van der Waals surface area (Å²) in [4.78, 5) is 50.8. The molecule has 1 aromatic carbocycles. The van der Waals surface area contributed by atoms with Crippen molar-refractivity contribution in [2.45, 2.75) is 84.0 Å². The van der Waals surface area contributed by atoms with Crippen LogP contribution in [0.25, 0.3) is 0 Å². The van der Waals surface area contributed by atoms with E-state index < -0.39 is 35.9 Å². The number of carbonyl (C=O) groups excluding carboxylic acids is 3. The van der Waals surface area contributed by atoms with Crippen molar-refractivity contribution in [1.82, 2.24) is 21.3 Å². The monoisotopic (exact) mass is 488 g/mol. The zero-order valence-electron chi connectivity index (χ0n) is 21.2. The third-order valence-corrected chi connectivity index (χ3v) is 5.95. The van der Waals surface area contributed by atoms with Crippen molar-refractivity contribution >= 4 is 23.7 Å². The van der Waals surface area contributed by atoms with Crippen molar-refractivity contribution in [2.24, 2.45) is 11.8 Å². The van der Waals surface area contributed by atoms with E-state index in [1.807, 2.05) is 58.0 Å². The smallest absolute Gasteiger partial charge is 0.326 e. The standard InChI is InChI=1S/C26H40N4O5/c1-16(2)13-20(24(32)30-22(26(34)35)14-17(3)4)28-25(33)21(15-18-9-6-5-7-10-18)29-23(31)19-11-8-12-27-19/h5-7,9-10,16-17,19-22,27H,8,11-15H2,1-4H3,(H,28,33)(H,29,31)(H,30,32)(H,34,35). The minimum Gasteiger partial charge on any atom is -0.480 e. The Morgan fingerprint density at radius 2 is 1.46 bits per heavy atom. The highest BCUT2D eigenvalue weighted by Gasteiger charge is 2.32. The van der Waals surface area contributed by atoms with Crippen LogP contribution >= 0.6 is 0 Å². The minimum atomic E-state index is -1.11. The lowest BCUT2D eigenvalue weighted by Gasteiger charge is -2.26. The van der Waals surface area contributed by atoms with Gasteiger partial charge in [-0.15, -0.1) is 0 Å². The third kappa shape index (κ3) is 9.68. The second-order valence-corrected chi connectivity index (χ2v) is 10.1. The first-order valence-electron chi connectivity index (χ1n) is 12.5. The lowest BCUT2D eigenvalue weighted by atomic mass is 9.99. The first-order chi connectivity index (χ1) is 16.6. The molecule has 0 aliphatic carbocycles. The zero-order chi connectivity index (χ0) is 26.0. The van der Waals surface area contributed by atoms with Gasteiger partial charge in [0.1, 0.15) is 18.1 Å². The Hall–Kier alpha value is -2.94. The largest absolute Gasteiger partial charge is 0.480 e. The van der Waals surface area contributed by atoms with Gasteiger partial charge in [0.2, 0.25) is 17.7 Å². The number of hydrogen-bond acceptors (Lipinski definition) is 5. The fourth-order valence-electron chi connectivity index (χ4n) is 4.18. The van der Waals surface area contributed by atoms with Crippen molar-refractivity contribution in [3.05, 3.63) is 35.9 Å². The summed E-state index contributed by atoms with van der Waals surface area (Å²) >= 11 is 0. The molecular formula is C26H40N4O5. The molecule has 2 rings (SSSR count). The van der Waals surface area contributed by atoms with Gasteiger partial charge in [0.25, 0.3) is 0 Å². The van der Waals surface area contributed by atoms with Crippen LogP contribution in [-0.2, 0) is 25.6 Å². The highest BCUT2D eigenvalue weighted by Crippen LogP contribution is 2.11. The van der Waals surface area contributed by atoms with E-state index in [-0.39, 0.29) is 36.6 Å². The van der Waals surface area contributed by atoms with E-state index in [1.165, 1.54) is 0 Å². The van der Waals surface area contributed by atoms with Crippen molar-refractivity contribution < 1.29 is 24.3 Å². The van der Waals surface area contributed by atoms with Gasteiger partial charge in [-0.25, -0.2) is 4.79 Å². The molecule has 1 heterocycles. The molecule has 1 aromatic rings. The van der Waals surface area contributed by atoms with Crippen molar-refractivity contribution in [3.63, 3.8) is 0 Å². The summed E-state index contributed by atoms with van der Waals surface area (Å²) in [6.07, 6.45) is 2.49. The number of aliphatic carboxylic acids is 1. The van der Waals surface area contributed by atoms with Crippen LogP contribution in [0.4, 0.5) is 0 Å². The molecule has 35 heavy (non-hydrogen) atoms. The number of hydrogen-bond donors (Lipinski definition) is 5. The molecule has 3 amide bonds. The van der Waals surface area contributed by atoms with Crippen molar-refractivity contribution in [1.29, 1.82) is 0 Å². The second-order valence-electron chi connectivity index (χ2n) is 10.1. The number of rotatable bonds is 13. The van der Waals surface area contributed by atoms with Gasteiger partial charge in [0.05, 0.1) is 6.04 Å². The van der Waals surface area contributed by atoms with E-state index in [0.29, 0.717) is 12.8 Å². The molecule has 9 nitrogen and oxygen atoms in total. The van der Waals surface area contributed by atoms with E-state index in [2.05, 4.69) is 21.3 Å². The first kappa shape index (κ1) is 28.3. The predicted octanol–water partition coefficient (Wildman–Crippen LogP) is 1.61. The van der Waals surface area contributed by atoms with Crippen LogP contribution in [0.15, 0.2) is 30.3 Å². The lowest BCUT2D eigenvalue weighted by Crippen LogP contribution is -2.57. The van der Waals surface area contributed by atoms with Crippen LogP contribution in [0.1, 0.15) is 58.9 Å². The predicted molar refractivity (Wildman–Crippen MR) is 134 cm³/mol. The summed E-state index contributed by atoms with van der Waals surface area (Å²) in [6, 6.07) is 6.17. The molecule has 0 aromatic heterocycles. The first-order valence-corrected chi connectivity index (χ1v) is 12.5. The fraction of sp³-hybridized carbons (Fsp3) is 0.615. The summed E-state index contributed by atoms with van der Waals surface area (Å²) in [5, 5.41) is 20.9. The average molecular weight is 489 g/mol. The zero-order valence-corrected chi connectivity index (χ0v) is 21.2. The van der Waals surface area contributed by atoms with Crippen LogP contribution < -0.4 is 21.3 Å². The lowest BCUT2D eigenvalue weighted by molar-refractivity contribution is -0.143. The van der Waals surface area contributed by atoms with Gasteiger partial charge in [-0.05, 0) is 49.6 Å². The molecule has 4 unspecified atom stereocenters. The van der Waals surface area contributed by atoms with Crippen LogP contribution in [0.2, 0.25) is 0 Å². The normalized spacial score (nSPS) is 18.1. The third-order valence-electron chi connectivity index (χ3n) is 5.95. The Balaban J connectivity index is 2.17. The summed E-state index contributed by atoms with van der Waals surface area (Å²) in [5.74, 6) is -2.22. The van der Waals surface area contributed by atoms with Gasteiger partial charge >= 0.3 is 5.97 Å². The maximum atomic E-state index is 13.3. The van der Waals surface area contributed by atoms with Crippen molar-refractivity contribution in [3.8, 4) is 0 Å². The minimum absolute atomic E-state index is 0.0733. The van der Waals surface area contributed by atoms with Crippen LogP contribution in [0.3, 0.4) is 0 Å². The number of amides is 3. The summed E-state index contributed by atoms with van der Waals surface area (Å²) < 4.78 is 0. The molecule has 1 aliphatic rings. The van der Waals surface area contributed by atoms with E-state index >= 15 is 0 Å². The topological polar surface area (TPSA) is 137 Å². The number of carboxylic acid groups (broad SMARTS) is 1. The highest BCUT2D eigenvalue weighted by atomic mass is 16.4. The van der Waals surface area contributed by atoms with E-state index in [9.17, 15) is 24.3 Å². The Morgan fingerprint density at radius 1 is 0.886 bits per heavy atom. The van der Waals surface area contributed by atoms with Crippen LogP contribution in [0.5, 0.6) is 0 Å². The van der Waals surface area contributed by atoms with E-state index in [0.717, 1.165) is 18.5 Å². The molecule has 0 radical (unpaired) electrons. The highest BCUT2D eigenvalue weighted by molar-refractivity contribution is 5.94. The molecule has 5 N–H and O–H groups in total. The average Bonchev–Trinajstić information content (AvgIpc) is 3.33.